The molecule has 3 heteroatoms. The lowest BCUT2D eigenvalue weighted by Gasteiger charge is -2.11. The van der Waals surface area contributed by atoms with Crippen molar-refractivity contribution in [3.05, 3.63) is 6.08 Å². The summed E-state index contributed by atoms with van der Waals surface area (Å²) in [5.41, 5.74) is 0. The molecule has 66 valence electrons. The normalized spacial score (nSPS) is 45.4. The molecule has 0 spiro atoms. The molecule has 2 rings (SSSR count). The Balaban J connectivity index is 2.10. The second-order valence-corrected chi connectivity index (χ2v) is 3.52. The molecule has 0 N–H and O–H groups in total. The summed E-state index contributed by atoms with van der Waals surface area (Å²) in [4.78, 5) is 10.1. The van der Waals surface area contributed by atoms with Crippen molar-refractivity contribution in [3.63, 3.8) is 0 Å². The first-order valence-electron chi connectivity index (χ1n) is 4.27. The first kappa shape index (κ1) is 7.99. The molecule has 0 aromatic rings. The SMILES string of the molecule is C[C@H]1COC2C1OC[C@@H]2C=C=O. The Labute approximate surface area is 71.3 Å². The Kier molecular flexibility index (Phi) is 2.01. The number of hydrogen-bond acceptors (Lipinski definition) is 3. The number of ether oxygens (including phenoxy) is 2. The van der Waals surface area contributed by atoms with Crippen LogP contribution in [0.1, 0.15) is 6.92 Å². The van der Waals surface area contributed by atoms with Gasteiger partial charge in [-0.25, -0.2) is 4.79 Å². The molecule has 12 heavy (non-hydrogen) atoms. The Bertz CT molecular complexity index is 220. The van der Waals surface area contributed by atoms with E-state index < -0.39 is 0 Å². The molecule has 2 heterocycles. The van der Waals surface area contributed by atoms with Gasteiger partial charge in [0.15, 0.2) is 0 Å². The molecule has 0 amide bonds. The van der Waals surface area contributed by atoms with Gasteiger partial charge in [-0.15, -0.1) is 0 Å². The van der Waals surface area contributed by atoms with Gasteiger partial charge in [0.1, 0.15) is 5.94 Å². The lowest BCUT2D eigenvalue weighted by molar-refractivity contribution is 0.0640. The summed E-state index contributed by atoms with van der Waals surface area (Å²) >= 11 is 0. The van der Waals surface area contributed by atoms with E-state index in [0.29, 0.717) is 12.5 Å². The summed E-state index contributed by atoms with van der Waals surface area (Å²) in [5.74, 6) is 2.38. The fourth-order valence-electron chi connectivity index (χ4n) is 1.95. The minimum atomic E-state index is 0.0986. The Hall–Kier alpha value is -0.630. The monoisotopic (exact) mass is 168 g/mol. The van der Waals surface area contributed by atoms with Crippen molar-refractivity contribution >= 4 is 5.94 Å². The van der Waals surface area contributed by atoms with E-state index in [2.05, 4.69) is 6.92 Å². The molecule has 0 saturated carbocycles. The van der Waals surface area contributed by atoms with Crippen LogP contribution in [0.25, 0.3) is 0 Å². The van der Waals surface area contributed by atoms with E-state index in [1.165, 1.54) is 6.08 Å². The van der Waals surface area contributed by atoms with Gasteiger partial charge in [-0.05, 0) is 0 Å². The van der Waals surface area contributed by atoms with Crippen molar-refractivity contribution in [2.75, 3.05) is 13.2 Å². The van der Waals surface area contributed by atoms with E-state index in [0.717, 1.165) is 6.61 Å². The maximum atomic E-state index is 10.1. The first-order valence-corrected chi connectivity index (χ1v) is 4.27. The highest BCUT2D eigenvalue weighted by atomic mass is 16.6. The summed E-state index contributed by atoms with van der Waals surface area (Å²) in [6, 6.07) is 0. The number of carbonyl (C=O) groups excluding carboxylic acids is 1. The Morgan fingerprint density at radius 2 is 2.08 bits per heavy atom. The van der Waals surface area contributed by atoms with Crippen LogP contribution in [0.3, 0.4) is 0 Å². The molecule has 2 saturated heterocycles. The fourth-order valence-corrected chi connectivity index (χ4v) is 1.95. The minimum absolute atomic E-state index is 0.0986. The molecule has 2 unspecified atom stereocenters. The zero-order valence-electron chi connectivity index (χ0n) is 7.03. The highest BCUT2D eigenvalue weighted by molar-refractivity contribution is 5.46. The topological polar surface area (TPSA) is 35.5 Å². The van der Waals surface area contributed by atoms with E-state index in [9.17, 15) is 4.79 Å². The standard InChI is InChI=1S/C9H12O3/c1-6-4-11-9-7(2-3-10)5-12-8(6)9/h2,6-9H,4-5H2,1H3/t6-,7-,8?,9?/m0/s1. The average molecular weight is 168 g/mol. The van der Waals surface area contributed by atoms with Crippen molar-refractivity contribution in [2.24, 2.45) is 11.8 Å². The smallest absolute Gasteiger partial charge is 0.120 e. The molecule has 0 aromatic carbocycles. The van der Waals surface area contributed by atoms with E-state index >= 15 is 0 Å². The number of rotatable bonds is 1. The van der Waals surface area contributed by atoms with E-state index in [1.807, 2.05) is 0 Å². The maximum absolute atomic E-state index is 10.1. The average Bonchev–Trinajstić information content (AvgIpc) is 2.58. The molecule has 3 nitrogen and oxygen atoms in total. The van der Waals surface area contributed by atoms with Crippen LogP contribution < -0.4 is 0 Å². The molecule has 0 aliphatic carbocycles. The van der Waals surface area contributed by atoms with Gasteiger partial charge in [-0.1, -0.05) is 6.92 Å². The summed E-state index contributed by atoms with van der Waals surface area (Å²) < 4.78 is 11.0. The van der Waals surface area contributed by atoms with Gasteiger partial charge in [0, 0.05) is 17.9 Å². The quantitative estimate of drug-likeness (QED) is 0.532. The van der Waals surface area contributed by atoms with Gasteiger partial charge in [-0.3, -0.25) is 0 Å². The summed E-state index contributed by atoms with van der Waals surface area (Å²) in [6.45, 7) is 3.46. The van der Waals surface area contributed by atoms with Crippen LogP contribution in [0.2, 0.25) is 0 Å². The zero-order chi connectivity index (χ0) is 8.55. The van der Waals surface area contributed by atoms with Gasteiger partial charge in [0.05, 0.1) is 25.4 Å². The van der Waals surface area contributed by atoms with Crippen molar-refractivity contribution in [2.45, 2.75) is 19.1 Å². The van der Waals surface area contributed by atoms with Crippen LogP contribution in [-0.2, 0) is 14.3 Å². The zero-order valence-corrected chi connectivity index (χ0v) is 7.03. The Morgan fingerprint density at radius 1 is 1.33 bits per heavy atom. The summed E-state index contributed by atoms with van der Waals surface area (Å²) in [6.07, 6.45) is 1.81. The first-order chi connectivity index (χ1) is 5.83. The van der Waals surface area contributed by atoms with Crippen LogP contribution in [0.15, 0.2) is 6.08 Å². The fraction of sp³-hybridized carbons (Fsp3) is 0.778. The van der Waals surface area contributed by atoms with Crippen molar-refractivity contribution in [1.29, 1.82) is 0 Å². The maximum Gasteiger partial charge on any atom is 0.120 e. The second kappa shape index (κ2) is 3.02. The summed E-state index contributed by atoms with van der Waals surface area (Å²) in [7, 11) is 0. The van der Waals surface area contributed by atoms with Gasteiger partial charge in [-0.2, -0.15) is 0 Å². The number of hydrogen-bond donors (Lipinski definition) is 0. The van der Waals surface area contributed by atoms with Crippen molar-refractivity contribution in [1.82, 2.24) is 0 Å². The van der Waals surface area contributed by atoms with Gasteiger partial charge < -0.3 is 9.47 Å². The second-order valence-electron chi connectivity index (χ2n) is 3.52. The largest absolute Gasteiger partial charge is 0.374 e. The van der Waals surface area contributed by atoms with Crippen LogP contribution in [0, 0.1) is 11.8 Å². The van der Waals surface area contributed by atoms with Crippen LogP contribution in [0.5, 0.6) is 0 Å². The lowest BCUT2D eigenvalue weighted by atomic mass is 9.98. The molecule has 2 fully saturated rings. The predicted molar refractivity (Wildman–Crippen MR) is 42.4 cm³/mol. The van der Waals surface area contributed by atoms with Crippen molar-refractivity contribution < 1.29 is 14.3 Å². The van der Waals surface area contributed by atoms with Crippen LogP contribution in [-0.4, -0.2) is 31.4 Å². The third kappa shape index (κ3) is 1.11. The van der Waals surface area contributed by atoms with E-state index in [1.54, 1.807) is 5.94 Å². The highest BCUT2D eigenvalue weighted by Gasteiger charge is 2.44. The van der Waals surface area contributed by atoms with Gasteiger partial charge in [0.2, 0.25) is 0 Å². The van der Waals surface area contributed by atoms with Gasteiger partial charge in [0.25, 0.3) is 0 Å². The highest BCUT2D eigenvalue weighted by Crippen LogP contribution is 2.34. The molecule has 4 atom stereocenters. The van der Waals surface area contributed by atoms with Crippen LogP contribution >= 0.6 is 0 Å². The molecule has 0 radical (unpaired) electrons. The summed E-state index contributed by atoms with van der Waals surface area (Å²) in [5, 5.41) is 0. The number of fused-ring (bicyclic) bond motifs is 1. The Morgan fingerprint density at radius 3 is 2.83 bits per heavy atom. The molecule has 0 aromatic heterocycles. The predicted octanol–water partition coefficient (Wildman–Crippen LogP) is 0.424. The molecule has 2 aliphatic rings. The van der Waals surface area contributed by atoms with Crippen molar-refractivity contribution in [3.8, 4) is 0 Å². The lowest BCUT2D eigenvalue weighted by Crippen LogP contribution is -2.23. The van der Waals surface area contributed by atoms with E-state index in [4.69, 9.17) is 9.47 Å². The van der Waals surface area contributed by atoms with E-state index in [-0.39, 0.29) is 18.1 Å². The third-order valence-corrected chi connectivity index (χ3v) is 2.62. The molecule has 2 aliphatic heterocycles. The minimum Gasteiger partial charge on any atom is -0.374 e. The third-order valence-electron chi connectivity index (χ3n) is 2.62. The van der Waals surface area contributed by atoms with Gasteiger partial charge >= 0.3 is 0 Å². The van der Waals surface area contributed by atoms with Crippen LogP contribution in [0.4, 0.5) is 0 Å². The molecular formula is C9H12O3. The molecule has 0 bridgehead atoms. The molecular weight excluding hydrogens is 156 g/mol.